The first-order valence-electron chi connectivity index (χ1n) is 19.1. The van der Waals surface area contributed by atoms with Crippen LogP contribution in [0.25, 0.3) is 0 Å². The maximum Gasteiger partial charge on any atom is 0.485 e. The number of alkyl halides is 24. The number of halogens is 24. The minimum Gasteiger partial charge on any atom is -0.741 e. The van der Waals surface area contributed by atoms with Gasteiger partial charge >= 0.3 is 373 Å². The molecule has 0 atom stereocenters. The van der Waals surface area contributed by atoms with E-state index in [1.165, 1.54) is 34.2 Å². The summed E-state index contributed by atoms with van der Waals surface area (Å²) >= 11 is -5.41. The van der Waals surface area contributed by atoms with Crippen LogP contribution in [0.5, 0.6) is 0 Å². The molecule has 0 aliphatic rings. The first-order valence-corrected chi connectivity index (χ1v) is 27.6. The molecule has 0 aliphatic heterocycles. The van der Waals surface area contributed by atoms with E-state index in [0.29, 0.717) is 31.2 Å². The Labute approximate surface area is 461 Å². The van der Waals surface area contributed by atoms with Crippen molar-refractivity contribution >= 4 is 85.5 Å². The smallest absolute Gasteiger partial charge is 0.485 e. The molecule has 0 saturated heterocycles. The average molecular weight is 1480 g/mol. The van der Waals surface area contributed by atoms with Crippen LogP contribution in [-0.2, 0) is 57.3 Å². The first kappa shape index (κ1) is 73.6. The Morgan fingerprint density at radius 1 is 0.412 bits per heavy atom. The van der Waals surface area contributed by atoms with Crippen LogP contribution in [0.15, 0.2) is 36.4 Å². The molecular formula is C32H24F24Ge4N12O6S2-2. The van der Waals surface area contributed by atoms with E-state index in [0.717, 1.165) is 39.0 Å². The zero-order valence-electron chi connectivity index (χ0n) is 39.2. The molecule has 0 aliphatic carbocycles. The van der Waals surface area contributed by atoms with Crippen LogP contribution in [0.3, 0.4) is 0 Å². The van der Waals surface area contributed by atoms with Gasteiger partial charge < -0.3 is 9.11 Å². The molecule has 48 heteroatoms. The molecule has 0 unspecified atom stereocenters. The molecule has 0 amide bonds. The first-order chi connectivity index (χ1) is 34.9. The monoisotopic (exact) mass is 1490 g/mol. The van der Waals surface area contributed by atoms with Crippen molar-refractivity contribution in [2.75, 3.05) is 0 Å². The van der Waals surface area contributed by atoms with Crippen molar-refractivity contribution in [1.82, 2.24) is 52.4 Å². The summed E-state index contributed by atoms with van der Waals surface area (Å²) in [5.74, 6) is 0. The van der Waals surface area contributed by atoms with Gasteiger partial charge in [0.25, 0.3) is 0 Å². The molecule has 0 saturated carbocycles. The summed E-state index contributed by atoms with van der Waals surface area (Å²) in [6.45, 7) is 7.68. The van der Waals surface area contributed by atoms with Crippen LogP contribution < -0.4 is 0 Å². The number of rotatable bonds is 5. The van der Waals surface area contributed by atoms with Crippen LogP contribution in [0, 0.1) is 41.5 Å². The summed E-state index contributed by atoms with van der Waals surface area (Å²) in [6.07, 6.45) is -29.0. The van der Waals surface area contributed by atoms with Gasteiger partial charge in [-0.15, -0.1) is 0 Å². The molecule has 0 bridgehead atoms. The summed E-state index contributed by atoms with van der Waals surface area (Å²) in [6, 6.07) is 4.24. The van der Waals surface area contributed by atoms with Crippen LogP contribution in [0.1, 0.15) is 68.3 Å². The minimum atomic E-state index is -6.09. The van der Waals surface area contributed by atoms with Crippen molar-refractivity contribution < 1.29 is 131 Å². The van der Waals surface area contributed by atoms with E-state index >= 15 is 0 Å². The van der Waals surface area contributed by atoms with Gasteiger partial charge in [0.2, 0.25) is 0 Å². The van der Waals surface area contributed by atoms with E-state index in [9.17, 15) is 105 Å². The normalized spacial score (nSPS) is 13.1. The number of hydrogen-bond donors (Lipinski definition) is 0. The van der Waals surface area contributed by atoms with Crippen molar-refractivity contribution in [2.45, 2.75) is 89.6 Å². The summed E-state index contributed by atoms with van der Waals surface area (Å²) in [7, 11) is -12.2. The third-order valence-electron chi connectivity index (χ3n) is 8.11. The predicted octanol–water partition coefficient (Wildman–Crippen LogP) is 7.72. The maximum absolute atomic E-state index is 13.6. The topological polar surface area (TPSA) is 221 Å². The fraction of sp³-hybridized carbons (Fsp3) is 0.438. The second-order valence-corrected chi connectivity index (χ2v) is 24.4. The summed E-state index contributed by atoms with van der Waals surface area (Å²) in [5.41, 5.74) is -18.8. The second kappa shape index (κ2) is 25.6. The van der Waals surface area contributed by atoms with Gasteiger partial charge in [0.1, 0.15) is 0 Å². The Balaban J connectivity index is 0.000000560. The zero-order valence-corrected chi connectivity index (χ0v) is 49.2. The van der Waals surface area contributed by atoms with Gasteiger partial charge in [0.15, 0.2) is 20.2 Å². The van der Waals surface area contributed by atoms with Crippen LogP contribution in [-0.4, -0.2) is 155 Å². The van der Waals surface area contributed by atoms with Gasteiger partial charge in [-0.1, -0.05) is 0 Å². The van der Waals surface area contributed by atoms with Gasteiger partial charge in [0.05, 0.1) is 0 Å². The Morgan fingerprint density at radius 2 is 0.637 bits per heavy atom. The number of aryl methyl sites for hydroxylation is 6. The van der Waals surface area contributed by atoms with Crippen molar-refractivity contribution in [1.29, 1.82) is 0 Å². The van der Waals surface area contributed by atoms with Gasteiger partial charge in [-0.25, -0.2) is 16.8 Å². The van der Waals surface area contributed by atoms with E-state index in [1.807, 2.05) is 0 Å². The molecule has 6 rings (SSSR count). The fourth-order valence-electron chi connectivity index (χ4n) is 5.09. The number of hydrogen-bond acceptors (Lipinski definition) is 12. The van der Waals surface area contributed by atoms with Crippen molar-refractivity contribution in [3.8, 4) is 0 Å². The van der Waals surface area contributed by atoms with Gasteiger partial charge in [-0.3, -0.25) is 0 Å². The van der Waals surface area contributed by atoms with E-state index in [4.69, 9.17) is 25.9 Å². The Morgan fingerprint density at radius 3 is 0.812 bits per heavy atom. The maximum atomic E-state index is 13.6. The van der Waals surface area contributed by atoms with Crippen LogP contribution >= 0.6 is 0 Å². The number of aromatic nitrogens is 12. The van der Waals surface area contributed by atoms with Crippen LogP contribution in [0.2, 0.25) is 0 Å². The Kier molecular flexibility index (Phi) is 23.5. The second-order valence-electron chi connectivity index (χ2n) is 14.7. The molecule has 0 spiro atoms. The van der Waals surface area contributed by atoms with Gasteiger partial charge in [-0.05, 0) is 0 Å². The van der Waals surface area contributed by atoms with Crippen LogP contribution in [0.4, 0.5) is 105 Å². The molecule has 0 aromatic carbocycles. The van der Waals surface area contributed by atoms with E-state index in [-0.39, 0.29) is 57.0 Å². The molecule has 10 radical (unpaired) electrons. The molecule has 18 nitrogen and oxygen atoms in total. The SMILES string of the molecule is Cc1cc(C(F)(F)F)[n]([Ge]([n]2nc(C)cc2C(F)(F)F)[n]2nc(C)cc2C(F)(F)F)n1.Cc1cc(C(F)(F)F)[n]([Ge][n]2nc(C)cc2C(F)(F)F)n1.Cc1cc(C(F)(F)F)n[n]1[Ge].O=S(=O)([O-])C(F)(F)F.O=S(=O)([O-])C(F)(F)F.[Ge]. The fourth-order valence-corrected chi connectivity index (χ4v) is 13.2. The van der Waals surface area contributed by atoms with E-state index in [1.54, 1.807) is 6.92 Å². The number of nitrogens with zero attached hydrogens (tertiary/aromatic N) is 12. The van der Waals surface area contributed by atoms with Crippen molar-refractivity contribution in [3.05, 3.63) is 105 Å². The Bertz CT molecular complexity index is 3020. The van der Waals surface area contributed by atoms with Gasteiger partial charge in [0, 0.05) is 17.6 Å². The molecule has 80 heavy (non-hydrogen) atoms. The average Bonchev–Trinajstić information content (AvgIpc) is 4.07. The van der Waals surface area contributed by atoms with Crippen molar-refractivity contribution in [3.63, 3.8) is 0 Å². The van der Waals surface area contributed by atoms with Crippen molar-refractivity contribution in [2.24, 2.45) is 0 Å². The molecule has 6 heterocycles. The summed E-state index contributed by atoms with van der Waals surface area (Å²) in [4.78, 5) is 0. The molecule has 446 valence electrons. The molecule has 6 aromatic rings. The quantitative estimate of drug-likeness (QED) is 0.0701. The predicted molar refractivity (Wildman–Crippen MR) is 219 cm³/mol. The Hall–Kier alpha value is -4.43. The standard InChI is InChI=1S/C15H12F9GeN6.C10H8F6GeN4.C5H4F3GeN2.2CHF3O3S.Ge/c1-7-4-10(13(16,17)18)29(26-7)25(30-11(14(19,20)21)5-8(2)27-30)31-12(15(22,23)24)6-9(3)28-31;1-5-3-7(9(11,12)13)20(18-5)17-21-8(10(14,15)16)4-6(2)19-21;1-3-2-4(5(6,7)8)10-11(3)9;2*2-1(3,4)8(5,6)7;/h4-6H,1-3H3;3-4H,1-2H3;2H,1H3;2*(H,5,6,7);/p-2. The third kappa shape index (κ3) is 20.5. The van der Waals surface area contributed by atoms with Gasteiger partial charge in [-0.2, -0.15) is 26.3 Å². The minimum absolute atomic E-state index is 0. The summed E-state index contributed by atoms with van der Waals surface area (Å²) < 4.78 is 356. The molecule has 0 fully saturated rings. The molecule has 6 aromatic heterocycles. The zero-order chi connectivity index (χ0) is 62.2. The van der Waals surface area contributed by atoms with E-state index in [2.05, 4.69) is 30.6 Å². The third-order valence-corrected chi connectivity index (χ3v) is 17.0. The molecule has 0 N–H and O–H groups in total. The summed E-state index contributed by atoms with van der Waals surface area (Å²) in [5, 5.41) is 21.4. The molecular weight excluding hydrogens is 1460 g/mol. The largest absolute Gasteiger partial charge is 0.741 e. The van der Waals surface area contributed by atoms with E-state index < -0.39 is 133 Å².